The number of rotatable bonds is 3. The summed E-state index contributed by atoms with van der Waals surface area (Å²) in [5.41, 5.74) is 2.56. The smallest absolute Gasteiger partial charge is 0.415 e. The monoisotopic (exact) mass is 364 g/mol. The number of fused-ring (bicyclic) bond motifs is 3. The molecule has 2 aliphatic rings. The van der Waals surface area contributed by atoms with E-state index in [2.05, 4.69) is 16.4 Å². The number of carbonyl (C=O) groups is 2. The van der Waals surface area contributed by atoms with Gasteiger partial charge in [0.1, 0.15) is 24.5 Å². The Bertz CT molecular complexity index is 968. The molecule has 0 bridgehead atoms. The fraction of sp³-hybridized carbons (Fsp3) is 0.263. The van der Waals surface area contributed by atoms with Crippen LogP contribution in [0.5, 0.6) is 5.75 Å². The van der Waals surface area contributed by atoms with E-state index >= 15 is 0 Å². The van der Waals surface area contributed by atoms with Crippen LogP contribution < -0.4 is 15.0 Å². The van der Waals surface area contributed by atoms with Crippen LogP contribution >= 0.6 is 0 Å². The summed E-state index contributed by atoms with van der Waals surface area (Å²) in [5, 5.41) is 11.7. The number of nitrogens with one attached hydrogen (secondary N) is 1. The number of aromatic nitrogens is 1. The van der Waals surface area contributed by atoms with Crippen molar-refractivity contribution >= 4 is 17.7 Å². The number of carbonyl (C=O) groups excluding carboxylic acids is 2. The quantitative estimate of drug-likeness (QED) is 0.891. The number of amides is 2. The lowest BCUT2D eigenvalue weighted by Gasteiger charge is -2.31. The maximum Gasteiger partial charge on any atom is 0.415 e. The van der Waals surface area contributed by atoms with E-state index in [-0.39, 0.29) is 25.1 Å². The Kier molecular flexibility index (Phi) is 4.12. The van der Waals surface area contributed by atoms with Crippen LogP contribution in [0.3, 0.4) is 0 Å². The van der Waals surface area contributed by atoms with Crippen LogP contribution in [0.15, 0.2) is 36.5 Å². The molecule has 0 spiro atoms. The average molecular weight is 364 g/mol. The summed E-state index contributed by atoms with van der Waals surface area (Å²) >= 11 is 0. The Morgan fingerprint density at radius 1 is 1.41 bits per heavy atom. The third kappa shape index (κ3) is 3.04. The Labute approximate surface area is 155 Å². The van der Waals surface area contributed by atoms with Gasteiger partial charge in [0, 0.05) is 18.7 Å². The first-order chi connectivity index (χ1) is 13.1. The number of cyclic esters (lactones) is 1. The molecule has 1 N–H and O–H groups in total. The van der Waals surface area contributed by atoms with Crippen molar-refractivity contribution in [3.63, 3.8) is 0 Å². The van der Waals surface area contributed by atoms with Crippen LogP contribution in [0.2, 0.25) is 0 Å². The molecule has 3 heterocycles. The second kappa shape index (κ2) is 6.61. The fourth-order valence-electron chi connectivity index (χ4n) is 3.27. The first-order valence-corrected chi connectivity index (χ1v) is 8.44. The van der Waals surface area contributed by atoms with Gasteiger partial charge in [0.25, 0.3) is 0 Å². The van der Waals surface area contributed by atoms with Crippen molar-refractivity contribution in [1.29, 1.82) is 5.26 Å². The Balaban J connectivity index is 1.63. The molecular weight excluding hydrogens is 348 g/mol. The molecule has 1 saturated heterocycles. The number of benzene rings is 1. The molecule has 0 unspecified atom stereocenters. The summed E-state index contributed by atoms with van der Waals surface area (Å²) in [6, 6.07) is 10.5. The maximum atomic E-state index is 12.4. The molecule has 1 aromatic carbocycles. The van der Waals surface area contributed by atoms with Crippen LogP contribution in [0.4, 0.5) is 10.5 Å². The third-order valence-corrected chi connectivity index (χ3v) is 4.58. The van der Waals surface area contributed by atoms with Crippen molar-refractivity contribution in [2.45, 2.75) is 19.1 Å². The minimum absolute atomic E-state index is 0.182. The second-order valence-electron chi connectivity index (χ2n) is 6.33. The maximum absolute atomic E-state index is 12.4. The lowest BCUT2D eigenvalue weighted by atomic mass is 10.0. The molecule has 0 saturated carbocycles. The summed E-state index contributed by atoms with van der Waals surface area (Å²) in [6.07, 6.45) is 0.648. The molecule has 27 heavy (non-hydrogen) atoms. The average Bonchev–Trinajstić information content (AvgIpc) is 3.02. The van der Waals surface area contributed by atoms with Gasteiger partial charge in [-0.2, -0.15) is 5.26 Å². The molecule has 1 fully saturated rings. The molecule has 2 aromatic rings. The minimum Gasteiger partial charge on any atom is -0.489 e. The fourth-order valence-corrected chi connectivity index (χ4v) is 3.27. The summed E-state index contributed by atoms with van der Waals surface area (Å²) in [7, 11) is 0. The lowest BCUT2D eigenvalue weighted by molar-refractivity contribution is -0.119. The van der Waals surface area contributed by atoms with E-state index in [1.54, 1.807) is 35.4 Å². The van der Waals surface area contributed by atoms with E-state index in [9.17, 15) is 9.59 Å². The zero-order chi connectivity index (χ0) is 19.0. The summed E-state index contributed by atoms with van der Waals surface area (Å²) in [6.45, 7) is 1.92. The van der Waals surface area contributed by atoms with E-state index in [0.717, 1.165) is 5.56 Å². The molecule has 0 radical (unpaired) electrons. The van der Waals surface area contributed by atoms with Gasteiger partial charge in [-0.1, -0.05) is 6.07 Å². The first kappa shape index (κ1) is 16.8. The van der Waals surface area contributed by atoms with Gasteiger partial charge < -0.3 is 14.8 Å². The molecule has 1 aromatic heterocycles. The SMILES string of the molecule is CC(=O)NC[C@@H]1OC(=O)N2c3ccc(-c4cc(C#N)ccn4)cc3OC[C@@H]12. The predicted molar refractivity (Wildman–Crippen MR) is 95.1 cm³/mol. The first-order valence-electron chi connectivity index (χ1n) is 8.44. The van der Waals surface area contributed by atoms with Crippen molar-refractivity contribution in [2.24, 2.45) is 0 Å². The zero-order valence-electron chi connectivity index (χ0n) is 14.5. The molecular formula is C19H16N4O4. The topological polar surface area (TPSA) is 105 Å². The van der Waals surface area contributed by atoms with Gasteiger partial charge in [-0.05, 0) is 24.3 Å². The van der Waals surface area contributed by atoms with Gasteiger partial charge in [0.05, 0.1) is 29.6 Å². The van der Waals surface area contributed by atoms with Crippen LogP contribution in [0, 0.1) is 11.3 Å². The number of nitrogens with zero attached hydrogens (tertiary/aromatic N) is 3. The summed E-state index contributed by atoms with van der Waals surface area (Å²) in [4.78, 5) is 29.3. The van der Waals surface area contributed by atoms with Gasteiger partial charge in [0.15, 0.2) is 0 Å². The van der Waals surface area contributed by atoms with Crippen LogP contribution in [0.25, 0.3) is 11.3 Å². The van der Waals surface area contributed by atoms with Crippen molar-refractivity contribution in [1.82, 2.24) is 10.3 Å². The Hall–Kier alpha value is -3.60. The zero-order valence-corrected chi connectivity index (χ0v) is 14.5. The van der Waals surface area contributed by atoms with Crippen molar-refractivity contribution in [3.05, 3.63) is 42.1 Å². The summed E-state index contributed by atoms with van der Waals surface area (Å²) in [5.74, 6) is 0.364. The number of hydrogen-bond acceptors (Lipinski definition) is 6. The molecule has 8 nitrogen and oxygen atoms in total. The van der Waals surface area contributed by atoms with Gasteiger partial charge in [0.2, 0.25) is 5.91 Å². The highest BCUT2D eigenvalue weighted by Gasteiger charge is 2.46. The molecule has 4 rings (SSSR count). The molecule has 2 atom stereocenters. The van der Waals surface area contributed by atoms with E-state index in [1.165, 1.54) is 6.92 Å². The van der Waals surface area contributed by atoms with E-state index in [1.807, 2.05) is 6.07 Å². The van der Waals surface area contributed by atoms with Gasteiger partial charge in [-0.15, -0.1) is 0 Å². The largest absolute Gasteiger partial charge is 0.489 e. The van der Waals surface area contributed by atoms with E-state index in [0.29, 0.717) is 22.7 Å². The van der Waals surface area contributed by atoms with Crippen molar-refractivity contribution in [3.8, 4) is 23.1 Å². The van der Waals surface area contributed by atoms with Crippen LogP contribution in [-0.2, 0) is 9.53 Å². The number of nitriles is 1. The normalized spacial score (nSPS) is 20.0. The van der Waals surface area contributed by atoms with Crippen molar-refractivity contribution in [2.75, 3.05) is 18.1 Å². The number of pyridine rings is 1. The summed E-state index contributed by atoms with van der Waals surface area (Å²) < 4.78 is 11.3. The second-order valence-corrected chi connectivity index (χ2v) is 6.33. The third-order valence-electron chi connectivity index (χ3n) is 4.58. The minimum atomic E-state index is -0.469. The number of ether oxygens (including phenoxy) is 2. The number of hydrogen-bond donors (Lipinski definition) is 1. The molecule has 2 aliphatic heterocycles. The van der Waals surface area contributed by atoms with Gasteiger partial charge in [-0.3, -0.25) is 14.7 Å². The predicted octanol–water partition coefficient (Wildman–Crippen LogP) is 1.84. The highest BCUT2D eigenvalue weighted by Crippen LogP contribution is 2.40. The van der Waals surface area contributed by atoms with E-state index < -0.39 is 12.2 Å². The Morgan fingerprint density at radius 2 is 2.26 bits per heavy atom. The Morgan fingerprint density at radius 3 is 3.04 bits per heavy atom. The molecule has 136 valence electrons. The molecule has 0 aliphatic carbocycles. The van der Waals surface area contributed by atoms with Gasteiger partial charge >= 0.3 is 6.09 Å². The van der Waals surface area contributed by atoms with E-state index in [4.69, 9.17) is 14.7 Å². The van der Waals surface area contributed by atoms with Crippen LogP contribution in [0.1, 0.15) is 12.5 Å². The van der Waals surface area contributed by atoms with Gasteiger partial charge in [-0.25, -0.2) is 4.79 Å². The number of anilines is 1. The lowest BCUT2D eigenvalue weighted by Crippen LogP contribution is -2.47. The highest BCUT2D eigenvalue weighted by molar-refractivity contribution is 5.94. The van der Waals surface area contributed by atoms with Crippen LogP contribution in [-0.4, -0.2) is 42.3 Å². The highest BCUT2D eigenvalue weighted by atomic mass is 16.6. The molecule has 2 amide bonds. The standard InChI is InChI=1S/C19H16N4O4/c1-11(24)22-9-18-16-10-26-17-7-13(14-6-12(8-20)4-5-21-14)2-3-15(17)23(16)19(25)27-18/h2-7,16,18H,9-10H2,1H3,(H,22,24)/t16-,18-/m0/s1. The van der Waals surface area contributed by atoms with Crippen molar-refractivity contribution < 1.29 is 19.1 Å². The molecule has 8 heteroatoms.